The van der Waals surface area contributed by atoms with E-state index in [-0.39, 0.29) is 10.8 Å². The number of para-hydroxylation sites is 2. The molecule has 0 unspecified atom stereocenters. The summed E-state index contributed by atoms with van der Waals surface area (Å²) in [7, 11) is 0. The molecule has 0 saturated heterocycles. The molecular weight excluding hydrogens is 439 g/mol. The molecule has 32 heavy (non-hydrogen) atoms. The highest BCUT2D eigenvalue weighted by atomic mass is 32.1. The standard InChI is InChI=1S/C22H14F3N5OS/c23-22(24,25)19-16(11-27-30(19)13-6-2-1-3-7-13)20(31)29-21-28-18(12-32-21)15-10-26-17-9-5-4-8-14(15)17/h1-12,26H,(H,28,29,31). The number of thiazole rings is 1. The number of nitrogens with zero attached hydrogens (tertiary/aromatic N) is 3. The maximum Gasteiger partial charge on any atom is 0.434 e. The molecule has 160 valence electrons. The summed E-state index contributed by atoms with van der Waals surface area (Å²) in [4.78, 5) is 20.3. The van der Waals surface area contributed by atoms with E-state index < -0.39 is 23.3 Å². The number of nitrogens with one attached hydrogen (secondary N) is 2. The fourth-order valence-corrected chi connectivity index (χ4v) is 4.16. The molecule has 5 aromatic rings. The van der Waals surface area contributed by atoms with Gasteiger partial charge in [0.2, 0.25) is 0 Å². The molecule has 6 nitrogen and oxygen atoms in total. The fourth-order valence-electron chi connectivity index (χ4n) is 3.46. The van der Waals surface area contributed by atoms with Crippen molar-refractivity contribution in [2.45, 2.75) is 6.18 Å². The first-order chi connectivity index (χ1) is 15.4. The maximum absolute atomic E-state index is 13.8. The lowest BCUT2D eigenvalue weighted by Crippen LogP contribution is -2.20. The van der Waals surface area contributed by atoms with Crippen molar-refractivity contribution in [2.75, 3.05) is 5.32 Å². The molecule has 0 spiro atoms. The van der Waals surface area contributed by atoms with Gasteiger partial charge in [0, 0.05) is 28.0 Å². The molecule has 0 fully saturated rings. The van der Waals surface area contributed by atoms with Crippen LogP contribution < -0.4 is 5.32 Å². The average Bonchev–Trinajstić information content (AvgIpc) is 3.51. The third-order valence-electron chi connectivity index (χ3n) is 4.87. The number of carbonyl (C=O) groups is 1. The van der Waals surface area contributed by atoms with Crippen LogP contribution in [0.5, 0.6) is 0 Å². The molecular formula is C22H14F3N5OS. The van der Waals surface area contributed by atoms with Crippen molar-refractivity contribution in [3.63, 3.8) is 0 Å². The number of alkyl halides is 3. The van der Waals surface area contributed by atoms with E-state index in [0.717, 1.165) is 34.0 Å². The SMILES string of the molecule is O=C(Nc1nc(-c2c[nH]c3ccccc23)cs1)c1cnn(-c2ccccc2)c1C(F)(F)F. The Hall–Kier alpha value is -3.92. The quantitative estimate of drug-likeness (QED) is 0.364. The second kappa shape index (κ2) is 7.65. The van der Waals surface area contributed by atoms with Crippen LogP contribution in [0, 0.1) is 0 Å². The van der Waals surface area contributed by atoms with E-state index in [1.54, 1.807) is 29.8 Å². The Balaban J connectivity index is 1.46. The first kappa shape index (κ1) is 20.0. The smallest absolute Gasteiger partial charge is 0.360 e. The summed E-state index contributed by atoms with van der Waals surface area (Å²) in [6.45, 7) is 0. The first-order valence-electron chi connectivity index (χ1n) is 9.46. The van der Waals surface area contributed by atoms with E-state index >= 15 is 0 Å². The third-order valence-corrected chi connectivity index (χ3v) is 5.63. The van der Waals surface area contributed by atoms with Crippen molar-refractivity contribution in [1.29, 1.82) is 0 Å². The monoisotopic (exact) mass is 453 g/mol. The normalized spacial score (nSPS) is 11.7. The van der Waals surface area contributed by atoms with E-state index in [9.17, 15) is 18.0 Å². The highest BCUT2D eigenvalue weighted by Gasteiger charge is 2.40. The molecule has 3 heterocycles. The minimum Gasteiger partial charge on any atom is -0.360 e. The molecule has 5 rings (SSSR count). The van der Waals surface area contributed by atoms with E-state index in [0.29, 0.717) is 10.4 Å². The van der Waals surface area contributed by atoms with Crippen molar-refractivity contribution in [2.24, 2.45) is 0 Å². The molecule has 2 N–H and O–H groups in total. The number of halogens is 3. The lowest BCUT2D eigenvalue weighted by atomic mass is 10.1. The minimum atomic E-state index is -4.78. The Morgan fingerprint density at radius 1 is 1.06 bits per heavy atom. The zero-order valence-corrected chi connectivity index (χ0v) is 17.0. The van der Waals surface area contributed by atoms with Gasteiger partial charge < -0.3 is 4.98 Å². The fraction of sp³-hybridized carbons (Fsp3) is 0.0455. The molecule has 10 heteroatoms. The highest BCUT2D eigenvalue weighted by Crippen LogP contribution is 2.35. The van der Waals surface area contributed by atoms with Gasteiger partial charge in [-0.25, -0.2) is 9.67 Å². The van der Waals surface area contributed by atoms with Gasteiger partial charge in [-0.1, -0.05) is 36.4 Å². The van der Waals surface area contributed by atoms with Gasteiger partial charge in [-0.2, -0.15) is 18.3 Å². The maximum atomic E-state index is 13.8. The molecule has 0 saturated carbocycles. The van der Waals surface area contributed by atoms with Gasteiger partial charge >= 0.3 is 6.18 Å². The van der Waals surface area contributed by atoms with Crippen LogP contribution in [-0.4, -0.2) is 25.7 Å². The minimum absolute atomic E-state index is 0.191. The molecule has 0 aliphatic rings. The number of H-pyrrole nitrogens is 1. The van der Waals surface area contributed by atoms with Gasteiger partial charge in [-0.3, -0.25) is 10.1 Å². The second-order valence-electron chi connectivity index (χ2n) is 6.89. The number of hydrogen-bond acceptors (Lipinski definition) is 4. The zero-order valence-electron chi connectivity index (χ0n) is 16.2. The van der Waals surface area contributed by atoms with E-state index in [1.165, 1.54) is 12.1 Å². The molecule has 3 aromatic heterocycles. The van der Waals surface area contributed by atoms with Crippen LogP contribution in [-0.2, 0) is 6.18 Å². The Morgan fingerprint density at radius 2 is 1.81 bits per heavy atom. The van der Waals surface area contributed by atoms with E-state index in [4.69, 9.17) is 0 Å². The van der Waals surface area contributed by atoms with Gasteiger partial charge in [0.25, 0.3) is 5.91 Å². The molecule has 0 bridgehead atoms. The van der Waals surface area contributed by atoms with Crippen molar-refractivity contribution in [3.05, 3.63) is 83.6 Å². The Morgan fingerprint density at radius 3 is 2.59 bits per heavy atom. The first-order valence-corrected chi connectivity index (χ1v) is 10.3. The Kier molecular flexibility index (Phi) is 4.78. The summed E-state index contributed by atoms with van der Waals surface area (Å²) in [5.74, 6) is -0.931. The van der Waals surface area contributed by atoms with Crippen LogP contribution in [0.4, 0.5) is 18.3 Å². The molecule has 1 amide bonds. The lowest BCUT2D eigenvalue weighted by Gasteiger charge is -2.12. The van der Waals surface area contributed by atoms with Crippen molar-refractivity contribution >= 4 is 33.3 Å². The predicted molar refractivity (Wildman–Crippen MR) is 116 cm³/mol. The Labute approximate surface area is 183 Å². The van der Waals surface area contributed by atoms with Crippen LogP contribution in [0.1, 0.15) is 16.1 Å². The number of carbonyl (C=O) groups excluding carboxylic acids is 1. The second-order valence-corrected chi connectivity index (χ2v) is 7.75. The topological polar surface area (TPSA) is 75.6 Å². The summed E-state index contributed by atoms with van der Waals surface area (Å²) < 4.78 is 42.1. The Bertz CT molecular complexity index is 1420. The molecule has 2 aromatic carbocycles. The van der Waals surface area contributed by atoms with Crippen LogP contribution in [0.25, 0.3) is 27.8 Å². The van der Waals surface area contributed by atoms with E-state index in [2.05, 4.69) is 20.4 Å². The van der Waals surface area contributed by atoms with E-state index in [1.807, 2.05) is 24.3 Å². The van der Waals surface area contributed by atoms with Crippen LogP contribution in [0.3, 0.4) is 0 Å². The molecule has 0 aliphatic heterocycles. The zero-order chi connectivity index (χ0) is 22.3. The van der Waals surface area contributed by atoms with Gasteiger partial charge in [0.05, 0.1) is 23.1 Å². The molecule has 0 radical (unpaired) electrons. The van der Waals surface area contributed by atoms with Gasteiger partial charge in [-0.05, 0) is 18.2 Å². The number of amides is 1. The number of aromatic amines is 1. The summed E-state index contributed by atoms with van der Waals surface area (Å²) in [6, 6.07) is 15.5. The van der Waals surface area contributed by atoms with Crippen molar-refractivity contribution < 1.29 is 18.0 Å². The number of benzene rings is 2. The summed E-state index contributed by atoms with van der Waals surface area (Å²) >= 11 is 1.13. The average molecular weight is 453 g/mol. The highest BCUT2D eigenvalue weighted by molar-refractivity contribution is 7.14. The summed E-state index contributed by atoms with van der Waals surface area (Å²) in [5, 5.41) is 9.17. The number of aromatic nitrogens is 4. The van der Waals surface area contributed by atoms with Crippen molar-refractivity contribution in [1.82, 2.24) is 19.7 Å². The van der Waals surface area contributed by atoms with Crippen molar-refractivity contribution in [3.8, 4) is 16.9 Å². The third kappa shape index (κ3) is 3.54. The van der Waals surface area contributed by atoms with Crippen LogP contribution in [0.15, 0.2) is 72.4 Å². The summed E-state index contributed by atoms with van der Waals surface area (Å²) in [5.41, 5.74) is 0.864. The molecule has 0 atom stereocenters. The van der Waals surface area contributed by atoms with Gasteiger partial charge in [0.15, 0.2) is 10.8 Å². The van der Waals surface area contributed by atoms with Crippen LogP contribution >= 0.6 is 11.3 Å². The van der Waals surface area contributed by atoms with Crippen LogP contribution in [0.2, 0.25) is 0 Å². The molecule has 0 aliphatic carbocycles. The lowest BCUT2D eigenvalue weighted by molar-refractivity contribution is -0.143. The predicted octanol–water partition coefficient (Wildman–Crippen LogP) is 5.75. The van der Waals surface area contributed by atoms with Gasteiger partial charge in [-0.15, -0.1) is 11.3 Å². The van der Waals surface area contributed by atoms with Gasteiger partial charge in [0.1, 0.15) is 0 Å². The largest absolute Gasteiger partial charge is 0.434 e. The number of fused-ring (bicyclic) bond motifs is 1. The number of rotatable bonds is 4. The number of hydrogen-bond donors (Lipinski definition) is 2. The number of anilines is 1. The summed E-state index contributed by atoms with van der Waals surface area (Å²) in [6.07, 6.45) is -2.06.